The number of nitrogens with zero attached hydrogens (tertiary/aromatic N) is 2. The van der Waals surface area contributed by atoms with Crippen molar-refractivity contribution in [3.05, 3.63) is 60.7 Å². The molecule has 324 valence electrons. The first-order valence-corrected chi connectivity index (χ1v) is 22.8. The van der Waals surface area contributed by atoms with Gasteiger partial charge < -0.3 is 38.9 Å². The lowest BCUT2D eigenvalue weighted by Crippen LogP contribution is -2.69. The fraction of sp³-hybridized carbons (Fsp3) is 0.708. The smallest absolute Gasteiger partial charge is 0.239 e. The fourth-order valence-electron chi connectivity index (χ4n) is 9.83. The Bertz CT molecular complexity index is 1490. The van der Waals surface area contributed by atoms with Gasteiger partial charge in [0.15, 0.2) is 0 Å². The molecule has 1 unspecified atom stereocenters. The monoisotopic (exact) mass is 807 g/mol. The van der Waals surface area contributed by atoms with Crippen LogP contribution in [0.5, 0.6) is 11.5 Å². The second kappa shape index (κ2) is 24.2. The van der Waals surface area contributed by atoms with E-state index >= 15 is 0 Å². The van der Waals surface area contributed by atoms with Gasteiger partial charge in [-0.25, -0.2) is 0 Å². The Kier molecular flexibility index (Phi) is 19.1. The highest BCUT2D eigenvalue weighted by molar-refractivity contribution is 6.03. The van der Waals surface area contributed by atoms with Crippen molar-refractivity contribution in [2.45, 2.75) is 159 Å². The molecule has 7 atom stereocenters. The number of rotatable bonds is 27. The van der Waals surface area contributed by atoms with Crippen LogP contribution in [0.15, 0.2) is 60.3 Å². The van der Waals surface area contributed by atoms with Gasteiger partial charge in [-0.15, -0.1) is 6.58 Å². The van der Waals surface area contributed by atoms with E-state index in [-0.39, 0.29) is 49.4 Å². The van der Waals surface area contributed by atoms with Gasteiger partial charge in [0.1, 0.15) is 24.1 Å². The summed E-state index contributed by atoms with van der Waals surface area (Å²) in [6.45, 7) is 11.7. The second-order valence-electron chi connectivity index (χ2n) is 16.9. The molecule has 5 rings (SSSR count). The van der Waals surface area contributed by atoms with E-state index < -0.39 is 18.1 Å². The van der Waals surface area contributed by atoms with Gasteiger partial charge in [0, 0.05) is 51.0 Å². The molecule has 1 aromatic rings. The number of hydrogen-bond acceptors (Lipinski definition) is 9. The van der Waals surface area contributed by atoms with Crippen molar-refractivity contribution in [1.29, 1.82) is 0 Å². The van der Waals surface area contributed by atoms with Crippen LogP contribution < -0.4 is 9.47 Å². The molecule has 1 aromatic carbocycles. The SMILES string of the molecule is C=CCOc1ccc2c(c1)[C@H]1[C@H](CCCCO)[C@@H](CCCCO)C=C3C(=NOC4CCCCO4)C[C@H](N(C)C(=O)CCCCCCCCCCC)[C@@](OCC=C)(O2)[C@H]31. The first kappa shape index (κ1) is 45.9. The van der Waals surface area contributed by atoms with Crippen LogP contribution in [0.3, 0.4) is 0 Å². The van der Waals surface area contributed by atoms with Crippen LogP contribution in [-0.4, -0.2) is 84.9 Å². The summed E-state index contributed by atoms with van der Waals surface area (Å²) in [4.78, 5) is 22.5. The van der Waals surface area contributed by atoms with Gasteiger partial charge in [-0.2, -0.15) is 0 Å². The summed E-state index contributed by atoms with van der Waals surface area (Å²) in [6, 6.07) is 5.51. The fourth-order valence-corrected chi connectivity index (χ4v) is 9.83. The maximum absolute atomic E-state index is 14.3. The number of hydrogen-bond donors (Lipinski definition) is 2. The number of fused-ring (bicyclic) bond motifs is 2. The minimum atomic E-state index is -1.25. The maximum Gasteiger partial charge on any atom is 0.239 e. The van der Waals surface area contributed by atoms with E-state index in [2.05, 4.69) is 32.2 Å². The molecule has 2 fully saturated rings. The van der Waals surface area contributed by atoms with Crippen molar-refractivity contribution in [1.82, 2.24) is 4.90 Å². The van der Waals surface area contributed by atoms with Gasteiger partial charge >= 0.3 is 0 Å². The van der Waals surface area contributed by atoms with Crippen LogP contribution in [0.1, 0.15) is 147 Å². The normalized spacial score (nSPS) is 26.8. The Morgan fingerprint density at radius 2 is 1.67 bits per heavy atom. The summed E-state index contributed by atoms with van der Waals surface area (Å²) < 4.78 is 26.4. The standard InChI is InChI=1S/C48H74N2O8/c1-5-8-9-10-11-12-13-14-15-24-44(53)50(4)43-35-41(49-58-45-25-18-21-32-55-45)39-33-36(22-16-19-28-51)38(23-17-20-29-52)46-40-34-37(54-30-6-2)26-27-42(40)57-48(43,47(39)46)56-31-7-3/h6-7,26-27,33-34,36,38,43,45-47,51-52H,2-3,5,8-25,28-32,35H2,1,4H3/t36-,38+,43-,45?,46+,47+,48+/m0/s1. The van der Waals surface area contributed by atoms with Crippen molar-refractivity contribution >= 4 is 11.6 Å². The Labute approximate surface area is 349 Å². The minimum absolute atomic E-state index is 0.0640. The zero-order valence-electron chi connectivity index (χ0n) is 35.8. The molecular formula is C48H74N2O8. The first-order valence-electron chi connectivity index (χ1n) is 22.8. The molecule has 1 amide bonds. The molecule has 1 saturated heterocycles. The second-order valence-corrected chi connectivity index (χ2v) is 16.9. The van der Waals surface area contributed by atoms with E-state index in [1.54, 1.807) is 12.2 Å². The molecule has 0 spiro atoms. The summed E-state index contributed by atoms with van der Waals surface area (Å²) >= 11 is 0. The number of likely N-dealkylation sites (N-methyl/N-ethyl adjacent to an activating group) is 1. The van der Waals surface area contributed by atoms with Crippen LogP contribution >= 0.6 is 0 Å². The zero-order chi connectivity index (χ0) is 41.2. The first-order chi connectivity index (χ1) is 28.4. The third-order valence-corrected chi connectivity index (χ3v) is 12.8. The minimum Gasteiger partial charge on any atom is -0.490 e. The zero-order valence-corrected chi connectivity index (χ0v) is 35.8. The predicted molar refractivity (Wildman–Crippen MR) is 230 cm³/mol. The van der Waals surface area contributed by atoms with E-state index in [1.807, 2.05) is 24.1 Å². The molecular weight excluding hydrogens is 733 g/mol. The number of oxime groups is 1. The van der Waals surface area contributed by atoms with Crippen molar-refractivity contribution in [3.63, 3.8) is 0 Å². The van der Waals surface area contributed by atoms with Gasteiger partial charge in [0.2, 0.25) is 18.0 Å². The molecule has 10 nitrogen and oxygen atoms in total. The molecule has 1 saturated carbocycles. The van der Waals surface area contributed by atoms with Crippen LogP contribution in [0, 0.1) is 17.8 Å². The van der Waals surface area contributed by atoms with E-state index in [4.69, 9.17) is 28.9 Å². The highest BCUT2D eigenvalue weighted by Crippen LogP contribution is 2.62. The average molecular weight is 807 g/mol. The maximum atomic E-state index is 14.3. The number of allylic oxidation sites excluding steroid dienone is 1. The predicted octanol–water partition coefficient (Wildman–Crippen LogP) is 9.79. The number of amides is 1. The highest BCUT2D eigenvalue weighted by atomic mass is 16.8. The van der Waals surface area contributed by atoms with Gasteiger partial charge in [-0.05, 0) is 80.6 Å². The number of carbonyl (C=O) groups is 1. The quantitative estimate of drug-likeness (QED) is 0.0513. The van der Waals surface area contributed by atoms with Crippen molar-refractivity contribution in [2.75, 3.05) is 40.1 Å². The van der Waals surface area contributed by atoms with Crippen molar-refractivity contribution < 1.29 is 38.8 Å². The molecule has 4 aliphatic rings. The van der Waals surface area contributed by atoms with Crippen LogP contribution in [0.25, 0.3) is 0 Å². The van der Waals surface area contributed by atoms with Gasteiger partial charge in [0.25, 0.3) is 0 Å². The van der Waals surface area contributed by atoms with E-state index in [1.165, 1.54) is 38.5 Å². The average Bonchev–Trinajstić information content (AvgIpc) is 3.24. The Balaban J connectivity index is 1.58. The summed E-state index contributed by atoms with van der Waals surface area (Å²) in [7, 11) is 1.90. The molecule has 2 N–H and O–H groups in total. The third-order valence-electron chi connectivity index (χ3n) is 12.8. The molecule has 0 bridgehead atoms. The van der Waals surface area contributed by atoms with Gasteiger partial charge in [-0.3, -0.25) is 4.79 Å². The van der Waals surface area contributed by atoms with E-state index in [0.717, 1.165) is 99.0 Å². The Hall–Kier alpha value is -3.18. The van der Waals surface area contributed by atoms with Crippen LogP contribution in [0.4, 0.5) is 0 Å². The molecule has 10 heteroatoms. The van der Waals surface area contributed by atoms with E-state index in [0.29, 0.717) is 32.5 Å². The Morgan fingerprint density at radius 1 is 0.948 bits per heavy atom. The lowest BCUT2D eigenvalue weighted by atomic mass is 9.55. The largest absolute Gasteiger partial charge is 0.490 e. The van der Waals surface area contributed by atoms with E-state index in [9.17, 15) is 15.0 Å². The molecule has 0 aromatic heterocycles. The number of carbonyl (C=O) groups excluding carboxylic acids is 1. The Morgan fingerprint density at radius 3 is 2.36 bits per heavy atom. The number of aliphatic hydroxyl groups excluding tert-OH is 2. The van der Waals surface area contributed by atoms with Crippen LogP contribution in [-0.2, 0) is 19.1 Å². The van der Waals surface area contributed by atoms with Gasteiger partial charge in [0.05, 0.1) is 24.8 Å². The number of benzene rings is 1. The third kappa shape index (κ3) is 11.8. The molecule has 2 heterocycles. The molecule has 0 radical (unpaired) electrons. The molecule has 58 heavy (non-hydrogen) atoms. The number of ether oxygens (including phenoxy) is 4. The topological polar surface area (TPSA) is 119 Å². The number of aliphatic hydroxyl groups is 2. The van der Waals surface area contributed by atoms with Gasteiger partial charge in [-0.1, -0.05) is 101 Å². The molecule has 2 aliphatic heterocycles. The van der Waals surface area contributed by atoms with Crippen molar-refractivity contribution in [3.8, 4) is 11.5 Å². The summed E-state index contributed by atoms with van der Waals surface area (Å²) in [5, 5.41) is 24.7. The van der Waals surface area contributed by atoms with Crippen molar-refractivity contribution in [2.24, 2.45) is 22.9 Å². The lowest BCUT2D eigenvalue weighted by molar-refractivity contribution is -0.256. The summed E-state index contributed by atoms with van der Waals surface area (Å²) in [5.74, 6) is 0.114. The number of unbranched alkanes of at least 4 members (excludes halogenated alkanes) is 10. The molecule has 2 aliphatic carbocycles. The lowest BCUT2D eigenvalue weighted by Gasteiger charge is -2.59. The summed E-state index contributed by atoms with van der Waals surface area (Å²) in [5.41, 5.74) is 2.86. The summed E-state index contributed by atoms with van der Waals surface area (Å²) in [6.07, 6.45) is 24.7. The van der Waals surface area contributed by atoms with Crippen LogP contribution in [0.2, 0.25) is 0 Å². The highest BCUT2D eigenvalue weighted by Gasteiger charge is 2.65.